The Kier molecular flexibility index (Phi) is 4.30. The summed E-state index contributed by atoms with van der Waals surface area (Å²) >= 11 is 1.70. The number of nitrogens with one attached hydrogen (secondary N) is 1. The van der Waals surface area contributed by atoms with E-state index in [1.807, 2.05) is 6.07 Å². The van der Waals surface area contributed by atoms with Crippen molar-refractivity contribution in [3.05, 3.63) is 53.2 Å². The van der Waals surface area contributed by atoms with Gasteiger partial charge in [0.25, 0.3) is 0 Å². The maximum atomic E-state index is 4.96. The molecule has 6 rings (SSSR count). The van der Waals surface area contributed by atoms with Crippen molar-refractivity contribution >= 4 is 27.4 Å². The van der Waals surface area contributed by atoms with Crippen molar-refractivity contribution in [1.29, 1.82) is 0 Å². The molecular formula is C23H24N6S. The van der Waals surface area contributed by atoms with Crippen molar-refractivity contribution in [2.24, 2.45) is 7.05 Å². The molecule has 0 spiro atoms. The molecule has 2 saturated carbocycles. The molecule has 6 nitrogen and oxygen atoms in total. The molecule has 0 aliphatic heterocycles. The van der Waals surface area contributed by atoms with Gasteiger partial charge in [0, 0.05) is 29.8 Å². The summed E-state index contributed by atoms with van der Waals surface area (Å²) in [6.45, 7) is 0.608. The highest BCUT2D eigenvalue weighted by molar-refractivity contribution is 7.17. The molecule has 0 unspecified atom stereocenters. The minimum absolute atomic E-state index is 0.511. The van der Waals surface area contributed by atoms with Crippen LogP contribution in [-0.2, 0) is 13.6 Å². The zero-order valence-electron chi connectivity index (χ0n) is 17.0. The summed E-state index contributed by atoms with van der Waals surface area (Å²) < 4.78 is 2.16. The van der Waals surface area contributed by atoms with Gasteiger partial charge < -0.3 is 9.88 Å². The fraction of sp³-hybridized carbons (Fsp3) is 0.391. The number of rotatable bonds is 6. The normalized spacial score (nSPS) is 16.7. The van der Waals surface area contributed by atoms with Gasteiger partial charge >= 0.3 is 0 Å². The van der Waals surface area contributed by atoms with Gasteiger partial charge in [-0.3, -0.25) is 0 Å². The van der Waals surface area contributed by atoms with Gasteiger partial charge in [0.15, 0.2) is 5.82 Å². The monoisotopic (exact) mass is 416 g/mol. The molecule has 30 heavy (non-hydrogen) atoms. The first kappa shape index (κ1) is 18.0. The molecule has 0 amide bonds. The van der Waals surface area contributed by atoms with Crippen molar-refractivity contribution in [2.75, 3.05) is 5.32 Å². The lowest BCUT2D eigenvalue weighted by Gasteiger charge is -2.24. The second-order valence-corrected chi connectivity index (χ2v) is 9.27. The topological polar surface area (TPSA) is 68.5 Å². The SMILES string of the molecule is Cn1c(CNc2nc(C3CC3)nc3scc(-c4ccccc4)c23)nnc1C1CCC1. The third kappa shape index (κ3) is 3.08. The van der Waals surface area contributed by atoms with E-state index in [1.165, 1.54) is 43.2 Å². The van der Waals surface area contributed by atoms with E-state index in [0.29, 0.717) is 18.4 Å². The summed E-state index contributed by atoms with van der Waals surface area (Å²) in [6, 6.07) is 10.5. The highest BCUT2D eigenvalue weighted by Crippen LogP contribution is 2.42. The molecule has 2 aliphatic carbocycles. The first-order valence-electron chi connectivity index (χ1n) is 10.7. The van der Waals surface area contributed by atoms with Gasteiger partial charge in [-0.15, -0.1) is 21.5 Å². The average Bonchev–Trinajstić information content (AvgIpc) is 3.41. The molecule has 4 aromatic rings. The largest absolute Gasteiger partial charge is 0.362 e. The van der Waals surface area contributed by atoms with Crippen LogP contribution in [0.3, 0.4) is 0 Å². The summed E-state index contributed by atoms with van der Waals surface area (Å²) in [4.78, 5) is 10.9. The summed E-state index contributed by atoms with van der Waals surface area (Å²) in [6.07, 6.45) is 6.14. The molecule has 3 aromatic heterocycles. The van der Waals surface area contributed by atoms with Crippen LogP contribution in [0.15, 0.2) is 35.7 Å². The molecule has 152 valence electrons. The van der Waals surface area contributed by atoms with E-state index in [4.69, 9.17) is 9.97 Å². The van der Waals surface area contributed by atoms with Gasteiger partial charge in [-0.25, -0.2) is 9.97 Å². The molecule has 0 bridgehead atoms. The number of thiophene rings is 1. The lowest BCUT2D eigenvalue weighted by molar-refractivity contribution is 0.391. The van der Waals surface area contributed by atoms with Crippen molar-refractivity contribution in [1.82, 2.24) is 24.7 Å². The van der Waals surface area contributed by atoms with Crippen LogP contribution in [0.2, 0.25) is 0 Å². The second kappa shape index (κ2) is 7.16. The van der Waals surface area contributed by atoms with Gasteiger partial charge in [0.2, 0.25) is 0 Å². The number of nitrogens with zero attached hydrogens (tertiary/aromatic N) is 5. The van der Waals surface area contributed by atoms with Gasteiger partial charge in [-0.2, -0.15) is 0 Å². The number of hydrogen-bond donors (Lipinski definition) is 1. The van der Waals surface area contributed by atoms with Crippen LogP contribution in [0.1, 0.15) is 61.4 Å². The van der Waals surface area contributed by atoms with E-state index in [0.717, 1.165) is 33.5 Å². The summed E-state index contributed by atoms with van der Waals surface area (Å²) in [5, 5.41) is 15.8. The lowest BCUT2D eigenvalue weighted by atomic mass is 9.85. The molecule has 1 N–H and O–H groups in total. The first-order valence-corrected chi connectivity index (χ1v) is 11.6. The Labute approximate surface area is 179 Å². The van der Waals surface area contributed by atoms with E-state index in [1.54, 1.807) is 11.3 Å². The third-order valence-corrected chi connectivity index (χ3v) is 7.23. The Morgan fingerprint density at radius 2 is 1.87 bits per heavy atom. The molecule has 2 aliphatic rings. The molecule has 7 heteroatoms. The molecule has 2 fully saturated rings. The lowest BCUT2D eigenvalue weighted by Crippen LogP contribution is -2.15. The highest BCUT2D eigenvalue weighted by atomic mass is 32.1. The van der Waals surface area contributed by atoms with Gasteiger partial charge in [-0.1, -0.05) is 36.8 Å². The van der Waals surface area contributed by atoms with Crippen LogP contribution in [0.5, 0.6) is 0 Å². The summed E-state index contributed by atoms with van der Waals surface area (Å²) in [5.74, 6) is 5.04. The minimum atomic E-state index is 0.511. The predicted octanol–water partition coefficient (Wildman–Crippen LogP) is 5.24. The Bertz CT molecular complexity index is 1200. The van der Waals surface area contributed by atoms with Crippen LogP contribution < -0.4 is 5.32 Å². The number of hydrogen-bond acceptors (Lipinski definition) is 6. The molecule has 0 radical (unpaired) electrons. The van der Waals surface area contributed by atoms with E-state index in [-0.39, 0.29) is 0 Å². The zero-order chi connectivity index (χ0) is 20.1. The van der Waals surface area contributed by atoms with Crippen molar-refractivity contribution in [3.8, 4) is 11.1 Å². The molecule has 3 heterocycles. The third-order valence-electron chi connectivity index (χ3n) is 6.36. The number of aromatic nitrogens is 5. The van der Waals surface area contributed by atoms with E-state index >= 15 is 0 Å². The number of anilines is 1. The average molecular weight is 417 g/mol. The Morgan fingerprint density at radius 1 is 1.03 bits per heavy atom. The van der Waals surface area contributed by atoms with Crippen LogP contribution in [0, 0.1) is 0 Å². The van der Waals surface area contributed by atoms with Crippen LogP contribution in [0.4, 0.5) is 5.82 Å². The fourth-order valence-electron chi connectivity index (χ4n) is 4.15. The number of fused-ring (bicyclic) bond motifs is 1. The van der Waals surface area contributed by atoms with E-state index < -0.39 is 0 Å². The van der Waals surface area contributed by atoms with Gasteiger partial charge in [0.05, 0.1) is 11.9 Å². The van der Waals surface area contributed by atoms with Gasteiger partial charge in [0.1, 0.15) is 22.3 Å². The second-order valence-electron chi connectivity index (χ2n) is 8.42. The Hall–Kier alpha value is -2.80. The molecular weight excluding hydrogens is 392 g/mol. The molecule has 0 atom stereocenters. The maximum Gasteiger partial charge on any atom is 0.152 e. The zero-order valence-corrected chi connectivity index (χ0v) is 17.8. The number of benzene rings is 1. The van der Waals surface area contributed by atoms with Crippen LogP contribution in [0.25, 0.3) is 21.3 Å². The summed E-state index contributed by atoms with van der Waals surface area (Å²) in [7, 11) is 2.08. The fourth-order valence-corrected chi connectivity index (χ4v) is 5.11. The smallest absolute Gasteiger partial charge is 0.152 e. The highest BCUT2D eigenvalue weighted by Gasteiger charge is 2.29. The van der Waals surface area contributed by atoms with Gasteiger partial charge in [-0.05, 0) is 31.2 Å². The van der Waals surface area contributed by atoms with Crippen molar-refractivity contribution in [3.63, 3.8) is 0 Å². The minimum Gasteiger partial charge on any atom is -0.362 e. The Balaban J connectivity index is 1.37. The van der Waals surface area contributed by atoms with Crippen molar-refractivity contribution < 1.29 is 0 Å². The molecule has 0 saturated heterocycles. The van der Waals surface area contributed by atoms with E-state index in [9.17, 15) is 0 Å². The standard InChI is InChI=1S/C23H24N6S/c1-29-18(27-28-22(29)16-8-5-9-16)12-24-21-19-17(14-6-3-2-4-7-14)13-30-23(19)26-20(25-21)15-10-11-15/h2-4,6-7,13,15-16H,5,8-12H2,1H3,(H,24,25,26). The van der Waals surface area contributed by atoms with E-state index in [2.05, 4.69) is 56.8 Å². The Morgan fingerprint density at radius 3 is 2.60 bits per heavy atom. The van der Waals surface area contributed by atoms with Crippen molar-refractivity contribution in [2.45, 2.75) is 50.5 Å². The van der Waals surface area contributed by atoms with Crippen LogP contribution >= 0.6 is 11.3 Å². The maximum absolute atomic E-state index is 4.96. The summed E-state index contributed by atoms with van der Waals surface area (Å²) in [5.41, 5.74) is 2.38. The predicted molar refractivity (Wildman–Crippen MR) is 120 cm³/mol. The first-order chi connectivity index (χ1) is 14.8. The van der Waals surface area contributed by atoms with Crippen LogP contribution in [-0.4, -0.2) is 24.7 Å². The quantitative estimate of drug-likeness (QED) is 0.465. The molecule has 1 aromatic carbocycles.